The lowest BCUT2D eigenvalue weighted by molar-refractivity contribution is 0.307. The molecule has 0 spiro atoms. The monoisotopic (exact) mass is 152 g/mol. The Bertz CT molecular complexity index is 177. The van der Waals surface area contributed by atoms with Gasteiger partial charge < -0.3 is 0 Å². The van der Waals surface area contributed by atoms with Crippen LogP contribution < -0.4 is 0 Å². The Balaban J connectivity index is 4.01. The lowest BCUT2D eigenvalue weighted by Gasteiger charge is -2.15. The summed E-state index contributed by atoms with van der Waals surface area (Å²) in [5, 5.41) is 8.39. The largest absolute Gasteiger partial charge is 0.287 e. The maximum absolute atomic E-state index is 8.39. The van der Waals surface area contributed by atoms with Gasteiger partial charge in [-0.15, -0.1) is 0 Å². The Morgan fingerprint density at radius 2 is 2.36 bits per heavy atom. The van der Waals surface area contributed by atoms with Crippen molar-refractivity contribution in [1.29, 1.82) is 5.26 Å². The van der Waals surface area contributed by atoms with Crippen molar-refractivity contribution < 1.29 is 0 Å². The molecule has 0 fully saturated rings. The van der Waals surface area contributed by atoms with Crippen LogP contribution in [-0.2, 0) is 0 Å². The van der Waals surface area contributed by atoms with Gasteiger partial charge in [-0.25, -0.2) is 0 Å². The fraction of sp³-hybridized carbons (Fsp3) is 0.571. The zero-order valence-corrected chi connectivity index (χ0v) is 6.86. The maximum atomic E-state index is 8.39. The molecule has 0 aromatic carbocycles. The third-order valence-corrected chi connectivity index (χ3v) is 1.19. The minimum atomic E-state index is -0.106. The summed E-state index contributed by atoms with van der Waals surface area (Å²) in [5.41, 5.74) is 0. The Morgan fingerprint density at radius 3 is 2.73 bits per heavy atom. The van der Waals surface area contributed by atoms with E-state index in [9.17, 15) is 0 Å². The van der Waals surface area contributed by atoms with Crippen LogP contribution in [0.15, 0.2) is 9.98 Å². The number of hydrogen-bond donors (Lipinski definition) is 0. The minimum absolute atomic E-state index is 0.106. The molecule has 0 heterocycles. The summed E-state index contributed by atoms with van der Waals surface area (Å²) in [6.07, 6.45) is 1.63. The molecule has 60 valence electrons. The van der Waals surface area contributed by atoms with Crippen molar-refractivity contribution in [3.8, 4) is 6.07 Å². The van der Waals surface area contributed by atoms with Crippen LogP contribution in [0.2, 0.25) is 0 Å². The first-order valence-corrected chi connectivity index (χ1v) is 3.23. The highest BCUT2D eigenvalue weighted by atomic mass is 15.2. The highest BCUT2D eigenvalue weighted by Crippen LogP contribution is 1.98. The van der Waals surface area contributed by atoms with Gasteiger partial charge in [-0.2, -0.15) is 5.26 Å². The topological polar surface area (TPSA) is 51.8 Å². The summed E-state index contributed by atoms with van der Waals surface area (Å²) in [6.45, 7) is 3.25. The molecule has 0 bridgehead atoms. The lowest BCUT2D eigenvalue weighted by atomic mass is 10.3. The van der Waals surface area contributed by atoms with E-state index in [-0.39, 0.29) is 6.17 Å². The van der Waals surface area contributed by atoms with Gasteiger partial charge in [0.2, 0.25) is 0 Å². The Kier molecular flexibility index (Phi) is 4.95. The molecule has 0 aliphatic carbocycles. The highest BCUT2D eigenvalue weighted by molar-refractivity contribution is 5.62. The molecule has 0 amide bonds. The van der Waals surface area contributed by atoms with E-state index < -0.39 is 0 Å². The van der Waals surface area contributed by atoms with Crippen LogP contribution in [0.4, 0.5) is 0 Å². The van der Waals surface area contributed by atoms with Crippen LogP contribution in [-0.4, -0.2) is 38.2 Å². The van der Waals surface area contributed by atoms with Gasteiger partial charge in [-0.1, -0.05) is 0 Å². The van der Waals surface area contributed by atoms with Crippen molar-refractivity contribution in [3.05, 3.63) is 0 Å². The molecule has 0 radical (unpaired) electrons. The van der Waals surface area contributed by atoms with Gasteiger partial charge in [0.1, 0.15) is 12.5 Å². The van der Waals surface area contributed by atoms with Gasteiger partial charge in [-0.05, 0) is 20.8 Å². The number of rotatable bonds is 4. The summed E-state index contributed by atoms with van der Waals surface area (Å²) < 4.78 is 0. The van der Waals surface area contributed by atoms with Gasteiger partial charge in [0.05, 0.1) is 12.5 Å². The van der Waals surface area contributed by atoms with Gasteiger partial charge in [0.15, 0.2) is 0 Å². The summed E-state index contributed by atoms with van der Waals surface area (Å²) in [5.74, 6) is 0. The molecule has 11 heavy (non-hydrogen) atoms. The normalized spacial score (nSPS) is 13.3. The predicted octanol–water partition coefficient (Wildman–Crippen LogP) is 0.517. The van der Waals surface area contributed by atoms with Crippen molar-refractivity contribution in [2.24, 2.45) is 9.98 Å². The van der Waals surface area contributed by atoms with Gasteiger partial charge in [0, 0.05) is 0 Å². The lowest BCUT2D eigenvalue weighted by Crippen LogP contribution is -2.25. The molecule has 0 saturated heterocycles. The van der Waals surface area contributed by atoms with Crippen LogP contribution in [0.1, 0.15) is 6.42 Å². The van der Waals surface area contributed by atoms with E-state index >= 15 is 0 Å². The van der Waals surface area contributed by atoms with E-state index in [0.29, 0.717) is 6.42 Å². The molecular formula is C7H12N4. The summed E-state index contributed by atoms with van der Waals surface area (Å²) in [6, 6.07) is 2.04. The van der Waals surface area contributed by atoms with Crippen LogP contribution >= 0.6 is 0 Å². The van der Waals surface area contributed by atoms with Gasteiger partial charge in [0.25, 0.3) is 0 Å². The third-order valence-electron chi connectivity index (χ3n) is 1.19. The van der Waals surface area contributed by atoms with Gasteiger partial charge in [-0.3, -0.25) is 14.9 Å². The summed E-state index contributed by atoms with van der Waals surface area (Å²) >= 11 is 0. The standard InChI is InChI=1S/C7H12N4/c1-9-6-10-7(4-5-8)11(2)3/h6-7H,1,4H2,2-3H3. The fourth-order valence-corrected chi connectivity index (χ4v) is 0.574. The van der Waals surface area contributed by atoms with Crippen LogP contribution in [0.5, 0.6) is 0 Å². The molecule has 1 unspecified atom stereocenters. The third kappa shape index (κ3) is 4.23. The molecule has 4 heteroatoms. The molecule has 0 aliphatic rings. The second kappa shape index (κ2) is 5.57. The van der Waals surface area contributed by atoms with Crippen molar-refractivity contribution in [1.82, 2.24) is 4.90 Å². The smallest absolute Gasteiger partial charge is 0.116 e. The fourth-order valence-electron chi connectivity index (χ4n) is 0.574. The summed E-state index contributed by atoms with van der Waals surface area (Å²) in [4.78, 5) is 9.30. The average molecular weight is 152 g/mol. The number of nitriles is 1. The molecular weight excluding hydrogens is 140 g/mol. The van der Waals surface area contributed by atoms with Crippen LogP contribution in [0, 0.1) is 11.3 Å². The van der Waals surface area contributed by atoms with Crippen molar-refractivity contribution >= 4 is 13.1 Å². The van der Waals surface area contributed by atoms with Gasteiger partial charge >= 0.3 is 0 Å². The molecule has 4 nitrogen and oxygen atoms in total. The molecule has 1 atom stereocenters. The molecule has 0 aliphatic heterocycles. The second-order valence-corrected chi connectivity index (χ2v) is 2.25. The zero-order valence-electron chi connectivity index (χ0n) is 6.86. The first-order valence-electron chi connectivity index (χ1n) is 3.23. The average Bonchev–Trinajstić information content (AvgIpc) is 1.97. The Hall–Kier alpha value is -1.21. The first-order chi connectivity index (χ1) is 5.22. The first kappa shape index (κ1) is 9.79. The molecule has 0 aromatic rings. The van der Waals surface area contributed by atoms with E-state index in [1.54, 1.807) is 0 Å². The van der Waals surface area contributed by atoms with Crippen LogP contribution in [0.25, 0.3) is 0 Å². The summed E-state index contributed by atoms with van der Waals surface area (Å²) in [7, 11) is 3.73. The van der Waals surface area contributed by atoms with E-state index in [0.717, 1.165) is 0 Å². The molecule has 0 saturated carbocycles. The number of aliphatic imine (C=N–C) groups is 2. The zero-order chi connectivity index (χ0) is 8.69. The van der Waals surface area contributed by atoms with E-state index in [1.807, 2.05) is 25.1 Å². The van der Waals surface area contributed by atoms with Crippen LogP contribution in [0.3, 0.4) is 0 Å². The molecule has 0 aromatic heterocycles. The van der Waals surface area contributed by atoms with Crippen molar-refractivity contribution in [2.45, 2.75) is 12.6 Å². The SMILES string of the molecule is C=NC=NC(CC#N)N(C)C. The number of hydrogen-bond acceptors (Lipinski definition) is 3. The molecule has 0 rings (SSSR count). The van der Waals surface area contributed by atoms with E-state index in [2.05, 4.69) is 16.7 Å². The quantitative estimate of drug-likeness (QED) is 0.435. The van der Waals surface area contributed by atoms with Crippen molar-refractivity contribution in [2.75, 3.05) is 14.1 Å². The Morgan fingerprint density at radius 1 is 1.73 bits per heavy atom. The minimum Gasteiger partial charge on any atom is -0.287 e. The van der Waals surface area contributed by atoms with E-state index in [1.165, 1.54) is 6.34 Å². The predicted molar refractivity (Wildman–Crippen MR) is 45.7 cm³/mol. The molecule has 0 N–H and O–H groups in total. The maximum Gasteiger partial charge on any atom is 0.116 e. The second-order valence-electron chi connectivity index (χ2n) is 2.25. The number of nitrogens with zero attached hydrogens (tertiary/aromatic N) is 4. The highest BCUT2D eigenvalue weighted by Gasteiger charge is 2.06. The van der Waals surface area contributed by atoms with E-state index in [4.69, 9.17) is 5.26 Å². The van der Waals surface area contributed by atoms with Crippen molar-refractivity contribution in [3.63, 3.8) is 0 Å². The Labute approximate surface area is 66.9 Å².